The molecule has 0 amide bonds. The van der Waals surface area contributed by atoms with E-state index in [2.05, 4.69) is 4.90 Å². The fourth-order valence-electron chi connectivity index (χ4n) is 1.48. The van der Waals surface area contributed by atoms with Crippen LogP contribution in [-0.4, -0.2) is 37.1 Å². The van der Waals surface area contributed by atoms with Crippen molar-refractivity contribution in [2.45, 2.75) is 12.8 Å². The molecule has 0 aromatic carbocycles. The van der Waals surface area contributed by atoms with Crippen molar-refractivity contribution in [2.75, 3.05) is 32.2 Å². The van der Waals surface area contributed by atoms with Gasteiger partial charge in [0.1, 0.15) is 0 Å². The van der Waals surface area contributed by atoms with Gasteiger partial charge < -0.3 is 4.90 Å². The van der Waals surface area contributed by atoms with Crippen LogP contribution in [0.2, 0.25) is 0 Å². The van der Waals surface area contributed by atoms with Gasteiger partial charge in [-0.25, -0.2) is 0 Å². The quantitative estimate of drug-likeness (QED) is 0.599. The van der Waals surface area contributed by atoms with Gasteiger partial charge in [-0.3, -0.25) is 4.39 Å². The summed E-state index contributed by atoms with van der Waals surface area (Å²) in [5, 5.41) is 0. The molecule has 0 unspecified atom stereocenters. The Morgan fingerprint density at radius 3 is 2.45 bits per heavy atom. The highest BCUT2D eigenvalue weighted by Gasteiger charge is 2.17. The Bertz CT molecular complexity index is 102. The molecular formula is C8H15ClFN. The summed E-state index contributed by atoms with van der Waals surface area (Å²) in [6.07, 6.45) is 2.01. The fraction of sp³-hybridized carbons (Fsp3) is 1.00. The Labute approximate surface area is 72.5 Å². The first-order chi connectivity index (χ1) is 5.36. The van der Waals surface area contributed by atoms with E-state index in [9.17, 15) is 4.39 Å². The van der Waals surface area contributed by atoms with Crippen molar-refractivity contribution in [2.24, 2.45) is 5.92 Å². The lowest BCUT2D eigenvalue weighted by molar-refractivity contribution is 0.172. The Morgan fingerprint density at radius 2 is 2.00 bits per heavy atom. The van der Waals surface area contributed by atoms with E-state index in [1.165, 1.54) is 0 Å². The number of likely N-dealkylation sites (tertiary alicyclic amines) is 1. The molecule has 66 valence electrons. The Kier molecular flexibility index (Phi) is 4.16. The van der Waals surface area contributed by atoms with Crippen LogP contribution in [0.15, 0.2) is 0 Å². The molecule has 1 nitrogen and oxygen atoms in total. The molecule has 3 heteroatoms. The molecule has 0 aromatic heterocycles. The van der Waals surface area contributed by atoms with E-state index in [0.717, 1.165) is 32.5 Å². The van der Waals surface area contributed by atoms with Crippen LogP contribution in [0.5, 0.6) is 0 Å². The van der Waals surface area contributed by atoms with Crippen molar-refractivity contribution >= 4 is 11.6 Å². The minimum atomic E-state index is -0.144. The van der Waals surface area contributed by atoms with Gasteiger partial charge in [0.25, 0.3) is 0 Å². The maximum atomic E-state index is 12.1. The molecule has 0 atom stereocenters. The molecule has 0 spiro atoms. The lowest BCUT2D eigenvalue weighted by Gasteiger charge is -2.29. The van der Waals surface area contributed by atoms with Gasteiger partial charge in [0.15, 0.2) is 0 Å². The number of halogens is 2. The lowest BCUT2D eigenvalue weighted by Crippen LogP contribution is -2.35. The molecule has 0 bridgehead atoms. The van der Waals surface area contributed by atoms with Crippen molar-refractivity contribution < 1.29 is 4.39 Å². The molecule has 0 radical (unpaired) electrons. The van der Waals surface area contributed by atoms with Crippen LogP contribution in [-0.2, 0) is 0 Å². The SMILES string of the molecule is FCC1CCN(CCCl)CC1. The summed E-state index contributed by atoms with van der Waals surface area (Å²) in [6.45, 7) is 2.87. The van der Waals surface area contributed by atoms with E-state index in [1.54, 1.807) is 0 Å². The molecule has 1 fully saturated rings. The monoisotopic (exact) mass is 179 g/mol. The van der Waals surface area contributed by atoms with Crippen LogP contribution in [0, 0.1) is 5.92 Å². The summed E-state index contributed by atoms with van der Waals surface area (Å²) in [6, 6.07) is 0. The van der Waals surface area contributed by atoms with Gasteiger partial charge in [-0.2, -0.15) is 0 Å². The summed E-state index contributed by atoms with van der Waals surface area (Å²) in [7, 11) is 0. The van der Waals surface area contributed by atoms with Crippen molar-refractivity contribution in [3.8, 4) is 0 Å². The van der Waals surface area contributed by atoms with E-state index < -0.39 is 0 Å². The number of alkyl halides is 2. The Morgan fingerprint density at radius 1 is 1.36 bits per heavy atom. The Balaban J connectivity index is 2.14. The second kappa shape index (κ2) is 4.94. The Hall–Kier alpha value is 0.180. The zero-order chi connectivity index (χ0) is 8.10. The fourth-order valence-corrected chi connectivity index (χ4v) is 1.72. The first kappa shape index (κ1) is 9.27. The molecule has 1 heterocycles. The average molecular weight is 180 g/mol. The van der Waals surface area contributed by atoms with Gasteiger partial charge >= 0.3 is 0 Å². The third-order valence-corrected chi connectivity index (χ3v) is 2.50. The number of rotatable bonds is 3. The molecule has 0 N–H and O–H groups in total. The van der Waals surface area contributed by atoms with Crippen LogP contribution in [0.1, 0.15) is 12.8 Å². The smallest absolute Gasteiger partial charge is 0.0923 e. The van der Waals surface area contributed by atoms with Crippen LogP contribution in [0.3, 0.4) is 0 Å². The third kappa shape index (κ3) is 2.96. The third-order valence-electron chi connectivity index (χ3n) is 2.33. The van der Waals surface area contributed by atoms with Crippen molar-refractivity contribution in [3.05, 3.63) is 0 Å². The molecule has 1 aliphatic rings. The standard InChI is InChI=1S/C8H15ClFN/c9-3-6-11-4-1-8(7-10)2-5-11/h8H,1-7H2. The number of hydrogen-bond donors (Lipinski definition) is 0. The molecule has 1 rings (SSSR count). The molecule has 1 saturated heterocycles. The molecule has 1 aliphatic heterocycles. The predicted molar refractivity (Wildman–Crippen MR) is 45.9 cm³/mol. The van der Waals surface area contributed by atoms with Gasteiger partial charge in [0.2, 0.25) is 0 Å². The molecule has 0 aliphatic carbocycles. The highest BCUT2D eigenvalue weighted by atomic mass is 35.5. The first-order valence-electron chi connectivity index (χ1n) is 4.21. The maximum Gasteiger partial charge on any atom is 0.0923 e. The van der Waals surface area contributed by atoms with Gasteiger partial charge in [-0.05, 0) is 31.8 Å². The van der Waals surface area contributed by atoms with Crippen LogP contribution in [0.4, 0.5) is 4.39 Å². The highest BCUT2D eigenvalue weighted by Crippen LogP contribution is 2.16. The van der Waals surface area contributed by atoms with E-state index in [-0.39, 0.29) is 6.67 Å². The predicted octanol–water partition coefficient (Wildman–Crippen LogP) is 1.91. The largest absolute Gasteiger partial charge is 0.302 e. The second-order valence-electron chi connectivity index (χ2n) is 3.13. The molecule has 0 aromatic rings. The minimum absolute atomic E-state index is 0.144. The van der Waals surface area contributed by atoms with E-state index >= 15 is 0 Å². The number of piperidine rings is 1. The maximum absolute atomic E-state index is 12.1. The summed E-state index contributed by atoms with van der Waals surface area (Å²) >= 11 is 5.59. The lowest BCUT2D eigenvalue weighted by atomic mass is 9.99. The van der Waals surface area contributed by atoms with Crippen LogP contribution in [0.25, 0.3) is 0 Å². The van der Waals surface area contributed by atoms with E-state index in [0.29, 0.717) is 11.8 Å². The van der Waals surface area contributed by atoms with Gasteiger partial charge in [0, 0.05) is 12.4 Å². The van der Waals surface area contributed by atoms with E-state index in [4.69, 9.17) is 11.6 Å². The molecular weight excluding hydrogens is 165 g/mol. The summed E-state index contributed by atoms with van der Waals surface area (Å²) in [4.78, 5) is 2.30. The van der Waals surface area contributed by atoms with Crippen molar-refractivity contribution in [1.29, 1.82) is 0 Å². The average Bonchev–Trinajstić information content (AvgIpc) is 2.07. The zero-order valence-electron chi connectivity index (χ0n) is 6.73. The summed E-state index contributed by atoms with van der Waals surface area (Å²) in [5.41, 5.74) is 0. The van der Waals surface area contributed by atoms with Gasteiger partial charge in [-0.15, -0.1) is 11.6 Å². The normalized spacial score (nSPS) is 22.4. The first-order valence-corrected chi connectivity index (χ1v) is 4.74. The summed E-state index contributed by atoms with van der Waals surface area (Å²) in [5.74, 6) is 1.02. The topological polar surface area (TPSA) is 3.24 Å². The minimum Gasteiger partial charge on any atom is -0.302 e. The van der Waals surface area contributed by atoms with Crippen molar-refractivity contribution in [3.63, 3.8) is 0 Å². The van der Waals surface area contributed by atoms with Crippen LogP contribution < -0.4 is 0 Å². The molecule has 0 saturated carbocycles. The highest BCUT2D eigenvalue weighted by molar-refractivity contribution is 6.18. The van der Waals surface area contributed by atoms with Crippen LogP contribution >= 0.6 is 11.6 Å². The second-order valence-corrected chi connectivity index (χ2v) is 3.51. The van der Waals surface area contributed by atoms with Gasteiger partial charge in [-0.1, -0.05) is 0 Å². The molecule has 11 heavy (non-hydrogen) atoms. The van der Waals surface area contributed by atoms with Crippen molar-refractivity contribution in [1.82, 2.24) is 4.90 Å². The van der Waals surface area contributed by atoms with Gasteiger partial charge in [0.05, 0.1) is 6.67 Å². The van der Waals surface area contributed by atoms with E-state index in [1.807, 2.05) is 0 Å². The summed E-state index contributed by atoms with van der Waals surface area (Å²) < 4.78 is 12.1. The number of nitrogens with zero attached hydrogens (tertiary/aromatic N) is 1. The zero-order valence-corrected chi connectivity index (χ0v) is 7.49. The number of hydrogen-bond acceptors (Lipinski definition) is 1.